The van der Waals surface area contributed by atoms with Crippen LogP contribution in [0.5, 0.6) is 0 Å². The van der Waals surface area contributed by atoms with Gasteiger partial charge < -0.3 is 10.1 Å². The van der Waals surface area contributed by atoms with Crippen LogP contribution < -0.4 is 5.32 Å². The summed E-state index contributed by atoms with van der Waals surface area (Å²) in [5.74, 6) is 0.397. The zero-order valence-corrected chi connectivity index (χ0v) is 21.3. The highest BCUT2D eigenvalue weighted by molar-refractivity contribution is 5.71. The molecule has 1 aliphatic heterocycles. The Kier molecular flexibility index (Phi) is 9.45. The number of benzene rings is 1. The minimum absolute atomic E-state index is 0.0183. The van der Waals surface area contributed by atoms with E-state index in [9.17, 15) is 18.0 Å². The van der Waals surface area contributed by atoms with E-state index in [-0.39, 0.29) is 35.7 Å². The molecule has 0 fully saturated rings. The van der Waals surface area contributed by atoms with Gasteiger partial charge in [-0.2, -0.15) is 13.2 Å². The van der Waals surface area contributed by atoms with Crippen LogP contribution in [-0.4, -0.2) is 43.2 Å². The van der Waals surface area contributed by atoms with Gasteiger partial charge in [0.25, 0.3) is 0 Å². The summed E-state index contributed by atoms with van der Waals surface area (Å²) in [4.78, 5) is 14.2. The summed E-state index contributed by atoms with van der Waals surface area (Å²) >= 11 is 0. The second-order valence-electron chi connectivity index (χ2n) is 9.96. The number of halogens is 3. The predicted molar refractivity (Wildman–Crippen MR) is 134 cm³/mol. The molecular formula is C28H39F3N2O2. The molecule has 4 nitrogen and oxygen atoms in total. The molecule has 1 unspecified atom stereocenters. The van der Waals surface area contributed by atoms with Crippen molar-refractivity contribution in [3.8, 4) is 0 Å². The van der Waals surface area contributed by atoms with E-state index in [4.69, 9.17) is 4.74 Å². The lowest BCUT2D eigenvalue weighted by atomic mass is 9.70. The molecule has 0 bridgehead atoms. The molecule has 0 saturated heterocycles. The number of hydrogen-bond donors (Lipinski definition) is 1. The zero-order valence-electron chi connectivity index (χ0n) is 21.3. The number of likely N-dealkylation sites (N-methyl/N-ethyl adjacent to an activating group) is 1. The van der Waals surface area contributed by atoms with E-state index in [1.54, 1.807) is 6.07 Å². The number of alkyl halides is 3. The summed E-state index contributed by atoms with van der Waals surface area (Å²) in [5.41, 5.74) is 0.930. The largest absolute Gasteiger partial charge is 0.464 e. The van der Waals surface area contributed by atoms with Gasteiger partial charge in [0.15, 0.2) is 0 Å². The fraction of sp³-hybridized carbons (Fsp3) is 0.607. The summed E-state index contributed by atoms with van der Waals surface area (Å²) < 4.78 is 45.7. The van der Waals surface area contributed by atoms with Crippen LogP contribution in [0.4, 0.5) is 18.9 Å². The third-order valence-corrected chi connectivity index (χ3v) is 7.54. The quantitative estimate of drug-likeness (QED) is 0.371. The van der Waals surface area contributed by atoms with E-state index in [2.05, 4.69) is 37.4 Å². The Hall–Kier alpha value is -2.28. The molecule has 1 aromatic rings. The molecule has 7 heteroatoms. The second-order valence-corrected chi connectivity index (χ2v) is 9.96. The second kappa shape index (κ2) is 12.1. The van der Waals surface area contributed by atoms with Gasteiger partial charge in [0.05, 0.1) is 18.7 Å². The average Bonchev–Trinajstić information content (AvgIpc) is 2.85. The molecule has 1 aromatic carbocycles. The van der Waals surface area contributed by atoms with Gasteiger partial charge in [-0.15, -0.1) is 0 Å². The highest BCUT2D eigenvalue weighted by Gasteiger charge is 2.39. The SMILES string of the molecule is CCN(CC)CC(=O)OC[C@H](C)CC[C@@H]1[C@H](C)c2cc(C(F)(F)F)ccc2N[C@H]1C1C=CC=CC1. The Morgan fingerprint density at radius 2 is 1.97 bits per heavy atom. The molecule has 0 spiro atoms. The third kappa shape index (κ3) is 7.12. The predicted octanol–water partition coefficient (Wildman–Crippen LogP) is 6.65. The van der Waals surface area contributed by atoms with Gasteiger partial charge in [0, 0.05) is 17.6 Å². The molecule has 1 heterocycles. The Labute approximate surface area is 207 Å². The number of rotatable bonds is 10. The summed E-state index contributed by atoms with van der Waals surface area (Å²) in [6.45, 7) is 10.4. The Morgan fingerprint density at radius 3 is 2.60 bits per heavy atom. The van der Waals surface area contributed by atoms with Crippen molar-refractivity contribution in [3.05, 3.63) is 53.6 Å². The molecule has 5 atom stereocenters. The van der Waals surface area contributed by atoms with Crippen molar-refractivity contribution in [3.63, 3.8) is 0 Å². The lowest BCUT2D eigenvalue weighted by molar-refractivity contribution is -0.146. The lowest BCUT2D eigenvalue weighted by Crippen LogP contribution is -2.42. The topological polar surface area (TPSA) is 41.6 Å². The van der Waals surface area contributed by atoms with Crippen molar-refractivity contribution in [2.75, 3.05) is 31.6 Å². The Bertz CT molecular complexity index is 908. The van der Waals surface area contributed by atoms with Crippen molar-refractivity contribution < 1.29 is 22.7 Å². The average molecular weight is 493 g/mol. The highest BCUT2D eigenvalue weighted by Crippen LogP contribution is 2.45. The number of anilines is 1. The van der Waals surface area contributed by atoms with Gasteiger partial charge in [0.2, 0.25) is 0 Å². The first-order valence-corrected chi connectivity index (χ1v) is 12.8. The molecule has 35 heavy (non-hydrogen) atoms. The standard InChI is InChI=1S/C28H39F3N2O2/c1-5-33(6-2)17-26(34)35-18-19(3)12-14-23-20(4)24-16-22(28(29,30)31)13-15-25(24)32-27(23)21-10-8-7-9-11-21/h7-10,13,15-16,19-21,23,27,32H,5-6,11-12,14,17-18H2,1-4H3/t19-,20+,21?,23-,27+/m1/s1. The smallest absolute Gasteiger partial charge is 0.416 e. The van der Waals surface area contributed by atoms with Crippen molar-refractivity contribution in [2.45, 2.75) is 65.1 Å². The maximum absolute atomic E-state index is 13.4. The Morgan fingerprint density at radius 1 is 1.23 bits per heavy atom. The van der Waals surface area contributed by atoms with Crippen LogP contribution in [0.2, 0.25) is 0 Å². The van der Waals surface area contributed by atoms with Gasteiger partial charge in [-0.05, 0) is 73.9 Å². The van der Waals surface area contributed by atoms with Crippen molar-refractivity contribution in [1.82, 2.24) is 4.90 Å². The van der Waals surface area contributed by atoms with Gasteiger partial charge in [-0.1, -0.05) is 52.0 Å². The van der Waals surface area contributed by atoms with E-state index in [1.165, 1.54) is 12.1 Å². The molecule has 2 aliphatic rings. The molecule has 3 rings (SSSR count). The number of nitrogens with zero attached hydrogens (tertiary/aromatic N) is 1. The lowest BCUT2D eigenvalue weighted by Gasteiger charge is -2.43. The summed E-state index contributed by atoms with van der Waals surface area (Å²) in [6.07, 6.45) is 6.67. The zero-order chi connectivity index (χ0) is 25.6. The molecule has 0 radical (unpaired) electrons. The first-order chi connectivity index (χ1) is 16.6. The van der Waals surface area contributed by atoms with Gasteiger partial charge in [-0.3, -0.25) is 9.69 Å². The number of carbonyl (C=O) groups excluding carboxylic acids is 1. The van der Waals surface area contributed by atoms with Crippen molar-refractivity contribution >= 4 is 11.7 Å². The first kappa shape index (κ1) is 27.3. The number of carbonyl (C=O) groups is 1. The molecular weight excluding hydrogens is 453 g/mol. The van der Waals surface area contributed by atoms with E-state index in [0.29, 0.717) is 13.2 Å². The third-order valence-electron chi connectivity index (χ3n) is 7.54. The van der Waals surface area contributed by atoms with Crippen LogP contribution in [0.15, 0.2) is 42.5 Å². The molecule has 0 aromatic heterocycles. The normalized spacial score (nSPS) is 24.7. The van der Waals surface area contributed by atoms with Crippen LogP contribution in [0, 0.1) is 17.8 Å². The van der Waals surface area contributed by atoms with Gasteiger partial charge >= 0.3 is 12.1 Å². The number of nitrogens with one attached hydrogen (secondary N) is 1. The van der Waals surface area contributed by atoms with E-state index >= 15 is 0 Å². The van der Waals surface area contributed by atoms with Crippen molar-refractivity contribution in [1.29, 1.82) is 0 Å². The van der Waals surface area contributed by atoms with Crippen LogP contribution in [0.3, 0.4) is 0 Å². The van der Waals surface area contributed by atoms with Crippen LogP contribution in [0.1, 0.15) is 64.0 Å². The fourth-order valence-electron chi connectivity index (χ4n) is 5.27. The number of hydrogen-bond acceptors (Lipinski definition) is 4. The molecule has 1 N–H and O–H groups in total. The van der Waals surface area contributed by atoms with Crippen LogP contribution in [0.25, 0.3) is 0 Å². The molecule has 194 valence electrons. The number of esters is 1. The molecule has 0 amide bonds. The van der Waals surface area contributed by atoms with Crippen LogP contribution in [-0.2, 0) is 15.7 Å². The number of ether oxygens (including phenoxy) is 1. The maximum atomic E-state index is 13.4. The van der Waals surface area contributed by atoms with Gasteiger partial charge in [-0.25, -0.2) is 0 Å². The summed E-state index contributed by atoms with van der Waals surface area (Å²) in [6, 6.07) is 4.19. The molecule has 0 saturated carbocycles. The highest BCUT2D eigenvalue weighted by atomic mass is 19.4. The summed E-state index contributed by atoms with van der Waals surface area (Å²) in [7, 11) is 0. The maximum Gasteiger partial charge on any atom is 0.416 e. The first-order valence-electron chi connectivity index (χ1n) is 12.8. The monoisotopic (exact) mass is 492 g/mol. The fourth-order valence-corrected chi connectivity index (χ4v) is 5.27. The van der Waals surface area contributed by atoms with E-state index < -0.39 is 11.7 Å². The van der Waals surface area contributed by atoms with E-state index in [0.717, 1.165) is 43.6 Å². The van der Waals surface area contributed by atoms with Crippen LogP contribution >= 0.6 is 0 Å². The Balaban J connectivity index is 1.69. The molecule has 1 aliphatic carbocycles. The number of fused-ring (bicyclic) bond motifs is 1. The van der Waals surface area contributed by atoms with Gasteiger partial charge in [0.1, 0.15) is 0 Å². The van der Waals surface area contributed by atoms with E-state index in [1.807, 2.05) is 24.8 Å². The summed E-state index contributed by atoms with van der Waals surface area (Å²) in [5, 5.41) is 3.59. The minimum Gasteiger partial charge on any atom is -0.464 e. The minimum atomic E-state index is -4.36. The van der Waals surface area contributed by atoms with Crippen molar-refractivity contribution in [2.24, 2.45) is 17.8 Å². The number of allylic oxidation sites excluding steroid dienone is 3.